The number of carbonyl (C=O) groups excluding carboxylic acids is 1. The normalized spacial score (nSPS) is 19.4. The highest BCUT2D eigenvalue weighted by Crippen LogP contribution is 2.28. The molecule has 156 valence electrons. The third kappa shape index (κ3) is 5.59. The van der Waals surface area contributed by atoms with E-state index in [1.807, 2.05) is 6.07 Å². The van der Waals surface area contributed by atoms with Gasteiger partial charge in [-0.05, 0) is 50.9 Å². The van der Waals surface area contributed by atoms with Crippen molar-refractivity contribution in [3.63, 3.8) is 0 Å². The summed E-state index contributed by atoms with van der Waals surface area (Å²) in [6.07, 6.45) is 4.54. The van der Waals surface area contributed by atoms with Gasteiger partial charge in [-0.15, -0.1) is 0 Å². The van der Waals surface area contributed by atoms with Crippen molar-refractivity contribution in [1.29, 1.82) is 0 Å². The van der Waals surface area contributed by atoms with Gasteiger partial charge in [0.05, 0.1) is 19.3 Å². The quantitative estimate of drug-likeness (QED) is 0.657. The molecule has 1 aromatic carbocycles. The lowest BCUT2D eigenvalue weighted by Crippen LogP contribution is -2.48. The first-order chi connectivity index (χ1) is 13.7. The van der Waals surface area contributed by atoms with Gasteiger partial charge in [-0.1, -0.05) is 0 Å². The van der Waals surface area contributed by atoms with Crippen LogP contribution < -0.4 is 20.1 Å². The Bertz CT molecular complexity index is 626. The van der Waals surface area contributed by atoms with Crippen LogP contribution in [0, 0.1) is 0 Å². The maximum absolute atomic E-state index is 12.5. The van der Waals surface area contributed by atoms with E-state index in [1.165, 1.54) is 12.8 Å². The minimum absolute atomic E-state index is 0.121. The van der Waals surface area contributed by atoms with Crippen molar-refractivity contribution in [2.75, 3.05) is 53.6 Å². The molecular formula is C21H33N3O4. The van der Waals surface area contributed by atoms with Gasteiger partial charge in [0.2, 0.25) is 0 Å². The van der Waals surface area contributed by atoms with Crippen LogP contribution in [0.1, 0.15) is 36.0 Å². The number of amides is 1. The summed E-state index contributed by atoms with van der Waals surface area (Å²) >= 11 is 0. The monoisotopic (exact) mass is 391 g/mol. The molecule has 0 spiro atoms. The molecule has 0 bridgehead atoms. The van der Waals surface area contributed by atoms with Crippen LogP contribution in [0.15, 0.2) is 18.2 Å². The Morgan fingerprint density at radius 3 is 2.61 bits per heavy atom. The summed E-state index contributed by atoms with van der Waals surface area (Å²) in [4.78, 5) is 15.1. The van der Waals surface area contributed by atoms with Gasteiger partial charge in [0.1, 0.15) is 17.6 Å². The Morgan fingerprint density at radius 2 is 1.93 bits per heavy atom. The minimum atomic E-state index is -0.151. The average molecular weight is 392 g/mol. The summed E-state index contributed by atoms with van der Waals surface area (Å²) in [5, 5.41) is 6.30. The number of benzene rings is 1. The molecule has 7 heteroatoms. The lowest BCUT2D eigenvalue weighted by molar-refractivity contribution is 0.0642. The maximum Gasteiger partial charge on any atom is 0.255 e. The Hall–Kier alpha value is -1.83. The number of ether oxygens (including phenoxy) is 3. The molecule has 0 aromatic heterocycles. The number of likely N-dealkylation sites (tertiary alicyclic amines) is 1. The molecule has 3 rings (SSSR count). The van der Waals surface area contributed by atoms with E-state index < -0.39 is 0 Å². The zero-order chi connectivity index (χ0) is 19.8. The molecule has 2 fully saturated rings. The highest BCUT2D eigenvalue weighted by atomic mass is 16.5. The van der Waals surface area contributed by atoms with Gasteiger partial charge in [0.25, 0.3) is 5.91 Å². The molecule has 0 atom stereocenters. The molecule has 0 radical (unpaired) electrons. The third-order valence-electron chi connectivity index (χ3n) is 5.62. The Morgan fingerprint density at radius 1 is 1.18 bits per heavy atom. The van der Waals surface area contributed by atoms with E-state index in [0.29, 0.717) is 36.3 Å². The number of methoxy groups -OCH3 is 2. The third-order valence-corrected chi connectivity index (χ3v) is 5.62. The largest absolute Gasteiger partial charge is 0.497 e. The summed E-state index contributed by atoms with van der Waals surface area (Å²) in [6.45, 7) is 5.28. The highest BCUT2D eigenvalue weighted by molar-refractivity contribution is 5.97. The second-order valence-electron chi connectivity index (χ2n) is 7.45. The van der Waals surface area contributed by atoms with Crippen molar-refractivity contribution < 1.29 is 19.0 Å². The number of carbonyl (C=O) groups is 1. The Kier molecular flexibility index (Phi) is 7.94. The number of nitrogens with zero attached hydrogens (tertiary/aromatic N) is 1. The zero-order valence-corrected chi connectivity index (χ0v) is 17.0. The molecule has 0 aliphatic carbocycles. The zero-order valence-electron chi connectivity index (χ0n) is 17.0. The first-order valence-electron chi connectivity index (χ1n) is 10.3. The molecule has 1 amide bonds. The highest BCUT2D eigenvalue weighted by Gasteiger charge is 2.27. The molecule has 0 saturated carbocycles. The van der Waals surface area contributed by atoms with Crippen molar-refractivity contribution in [3.8, 4) is 11.5 Å². The molecular weight excluding hydrogens is 358 g/mol. The van der Waals surface area contributed by atoms with Crippen LogP contribution in [-0.4, -0.2) is 76.5 Å². The lowest BCUT2D eigenvalue weighted by Gasteiger charge is -2.39. The van der Waals surface area contributed by atoms with Gasteiger partial charge in [-0.2, -0.15) is 0 Å². The van der Waals surface area contributed by atoms with Crippen molar-refractivity contribution in [2.45, 2.75) is 37.8 Å². The van der Waals surface area contributed by atoms with Crippen molar-refractivity contribution in [2.24, 2.45) is 0 Å². The number of piperidine rings is 2. The number of nitrogens with one attached hydrogen (secondary N) is 2. The fraction of sp³-hybridized carbons (Fsp3) is 0.667. The molecule has 2 N–H and O–H groups in total. The minimum Gasteiger partial charge on any atom is -0.497 e. The van der Waals surface area contributed by atoms with Crippen LogP contribution in [0.5, 0.6) is 11.5 Å². The van der Waals surface area contributed by atoms with Gasteiger partial charge in [0.15, 0.2) is 0 Å². The summed E-state index contributed by atoms with van der Waals surface area (Å²) in [5.41, 5.74) is 0.540. The smallest absolute Gasteiger partial charge is 0.255 e. The van der Waals surface area contributed by atoms with E-state index in [1.54, 1.807) is 26.4 Å². The predicted molar refractivity (Wildman–Crippen MR) is 108 cm³/mol. The maximum atomic E-state index is 12.5. The van der Waals surface area contributed by atoms with Crippen molar-refractivity contribution >= 4 is 5.91 Å². The average Bonchev–Trinajstić information content (AvgIpc) is 2.75. The first kappa shape index (κ1) is 20.9. The van der Waals surface area contributed by atoms with Gasteiger partial charge in [-0.3, -0.25) is 4.79 Å². The Labute approximate surface area is 167 Å². The Balaban J connectivity index is 1.60. The molecule has 1 aromatic rings. The molecule has 2 aliphatic heterocycles. The molecule has 0 unspecified atom stereocenters. The van der Waals surface area contributed by atoms with E-state index in [9.17, 15) is 4.79 Å². The van der Waals surface area contributed by atoms with Crippen molar-refractivity contribution in [1.82, 2.24) is 15.5 Å². The number of hydrogen-bond donors (Lipinski definition) is 2. The van der Waals surface area contributed by atoms with Crippen LogP contribution >= 0.6 is 0 Å². The predicted octanol–water partition coefficient (Wildman–Crippen LogP) is 1.67. The fourth-order valence-electron chi connectivity index (χ4n) is 3.99. The first-order valence-corrected chi connectivity index (χ1v) is 10.3. The number of rotatable bonds is 8. The van der Waals surface area contributed by atoms with Crippen LogP contribution in [0.25, 0.3) is 0 Å². The van der Waals surface area contributed by atoms with Crippen LogP contribution in [-0.2, 0) is 4.74 Å². The molecule has 2 saturated heterocycles. The molecule has 7 nitrogen and oxygen atoms in total. The van der Waals surface area contributed by atoms with Gasteiger partial charge in [-0.25, -0.2) is 0 Å². The van der Waals surface area contributed by atoms with E-state index in [2.05, 4.69) is 15.5 Å². The topological polar surface area (TPSA) is 72.1 Å². The molecule has 2 heterocycles. The lowest BCUT2D eigenvalue weighted by atomic mass is 10.00. The number of hydrogen-bond acceptors (Lipinski definition) is 6. The summed E-state index contributed by atoms with van der Waals surface area (Å²) < 4.78 is 16.6. The van der Waals surface area contributed by atoms with Gasteiger partial charge in [0, 0.05) is 38.9 Å². The van der Waals surface area contributed by atoms with E-state index in [4.69, 9.17) is 14.2 Å². The summed E-state index contributed by atoms with van der Waals surface area (Å²) in [6, 6.07) is 6.06. The summed E-state index contributed by atoms with van der Waals surface area (Å²) in [7, 11) is 3.24. The van der Waals surface area contributed by atoms with Crippen LogP contribution in [0.4, 0.5) is 0 Å². The second-order valence-corrected chi connectivity index (χ2v) is 7.45. The van der Waals surface area contributed by atoms with Gasteiger partial charge >= 0.3 is 0 Å². The fourth-order valence-corrected chi connectivity index (χ4v) is 3.99. The van der Waals surface area contributed by atoms with Crippen LogP contribution in [0.2, 0.25) is 0 Å². The second kappa shape index (κ2) is 10.6. The van der Waals surface area contributed by atoms with Crippen LogP contribution in [0.3, 0.4) is 0 Å². The van der Waals surface area contributed by atoms with Gasteiger partial charge < -0.3 is 29.7 Å². The van der Waals surface area contributed by atoms with Crippen molar-refractivity contribution in [3.05, 3.63) is 23.8 Å². The SMILES string of the molecule is COCCNC(=O)c1ccc(OC)cc1OC1CCN(C2CCNCC2)CC1. The van der Waals surface area contributed by atoms with E-state index in [-0.39, 0.29) is 12.0 Å². The standard InChI is InChI=1S/C21H33N3O4/c1-26-14-11-23-21(25)19-4-3-18(27-2)15-20(19)28-17-7-12-24(13-8-17)16-5-9-22-10-6-16/h3-4,15-17,22H,5-14H2,1-2H3,(H,23,25). The van der Waals surface area contributed by atoms with E-state index >= 15 is 0 Å². The summed E-state index contributed by atoms with van der Waals surface area (Å²) in [5.74, 6) is 1.13. The molecule has 2 aliphatic rings. The van der Waals surface area contributed by atoms with E-state index in [0.717, 1.165) is 39.0 Å². The molecule has 28 heavy (non-hydrogen) atoms.